The Bertz CT molecular complexity index is 547. The first kappa shape index (κ1) is 13.0. The molecule has 4 nitrogen and oxygen atoms in total. The van der Waals surface area contributed by atoms with Crippen LogP contribution >= 0.6 is 15.9 Å². The zero-order valence-electron chi connectivity index (χ0n) is 10.4. The van der Waals surface area contributed by atoms with E-state index >= 15 is 0 Å². The van der Waals surface area contributed by atoms with E-state index in [1.54, 1.807) is 0 Å². The summed E-state index contributed by atoms with van der Waals surface area (Å²) in [6.07, 6.45) is 0.847. The summed E-state index contributed by atoms with van der Waals surface area (Å²) < 4.78 is 1.08. The molecule has 0 bridgehead atoms. The minimum absolute atomic E-state index is 0.637. The second kappa shape index (κ2) is 5.46. The summed E-state index contributed by atoms with van der Waals surface area (Å²) in [5.74, 6) is 6.76. The Morgan fingerprint density at radius 1 is 1.28 bits per heavy atom. The summed E-state index contributed by atoms with van der Waals surface area (Å²) >= 11 is 3.49. The standard InChI is InChI=1S/C13H15BrN4/c1-3-10-7-12(18-15)17-13(16-10)9-4-5-11(14)8(2)6-9/h4-7H,3,15H2,1-2H3,(H,16,17,18). The average Bonchev–Trinajstić information content (AvgIpc) is 2.41. The molecule has 0 saturated heterocycles. The van der Waals surface area contributed by atoms with Crippen LogP contribution in [0.15, 0.2) is 28.7 Å². The number of halogens is 1. The molecule has 0 fully saturated rings. The van der Waals surface area contributed by atoms with Crippen LogP contribution in [0.5, 0.6) is 0 Å². The number of aromatic nitrogens is 2. The Morgan fingerprint density at radius 2 is 2.06 bits per heavy atom. The van der Waals surface area contributed by atoms with Gasteiger partial charge in [0.05, 0.1) is 0 Å². The van der Waals surface area contributed by atoms with Gasteiger partial charge in [0, 0.05) is 21.8 Å². The van der Waals surface area contributed by atoms with E-state index in [0.29, 0.717) is 11.6 Å². The van der Waals surface area contributed by atoms with Crippen molar-refractivity contribution in [1.82, 2.24) is 9.97 Å². The van der Waals surface area contributed by atoms with Crippen LogP contribution in [-0.2, 0) is 6.42 Å². The Kier molecular flexibility index (Phi) is 3.93. The molecule has 0 atom stereocenters. The highest BCUT2D eigenvalue weighted by molar-refractivity contribution is 9.10. The van der Waals surface area contributed by atoms with Crippen molar-refractivity contribution >= 4 is 21.7 Å². The van der Waals surface area contributed by atoms with Crippen LogP contribution in [0.1, 0.15) is 18.2 Å². The minimum Gasteiger partial charge on any atom is -0.308 e. The van der Waals surface area contributed by atoms with Gasteiger partial charge < -0.3 is 5.43 Å². The predicted octanol–water partition coefficient (Wildman–Crippen LogP) is 3.06. The summed E-state index contributed by atoms with van der Waals surface area (Å²) in [6, 6.07) is 7.91. The molecule has 0 aliphatic heterocycles. The average molecular weight is 307 g/mol. The number of nitrogen functional groups attached to an aromatic ring is 1. The summed E-state index contributed by atoms with van der Waals surface area (Å²) in [6.45, 7) is 4.10. The number of anilines is 1. The molecule has 18 heavy (non-hydrogen) atoms. The zero-order valence-corrected chi connectivity index (χ0v) is 12.0. The van der Waals surface area contributed by atoms with Gasteiger partial charge in [-0.15, -0.1) is 0 Å². The number of hydrogen-bond donors (Lipinski definition) is 2. The fraction of sp³-hybridized carbons (Fsp3) is 0.231. The Labute approximate surface area is 115 Å². The van der Waals surface area contributed by atoms with Crippen LogP contribution in [-0.4, -0.2) is 9.97 Å². The third kappa shape index (κ3) is 2.68. The van der Waals surface area contributed by atoms with Gasteiger partial charge in [-0.05, 0) is 31.0 Å². The van der Waals surface area contributed by atoms with Gasteiger partial charge in [-0.25, -0.2) is 15.8 Å². The van der Waals surface area contributed by atoms with Gasteiger partial charge in [0.1, 0.15) is 5.82 Å². The molecule has 3 N–H and O–H groups in total. The van der Waals surface area contributed by atoms with Crippen LogP contribution in [0.3, 0.4) is 0 Å². The van der Waals surface area contributed by atoms with Crippen LogP contribution in [0.25, 0.3) is 11.4 Å². The number of nitrogens with two attached hydrogens (primary N) is 1. The lowest BCUT2D eigenvalue weighted by atomic mass is 10.1. The summed E-state index contributed by atoms with van der Waals surface area (Å²) in [5, 5.41) is 0. The van der Waals surface area contributed by atoms with Gasteiger partial charge >= 0.3 is 0 Å². The number of hydrazine groups is 1. The van der Waals surface area contributed by atoms with Crippen LogP contribution < -0.4 is 11.3 Å². The van der Waals surface area contributed by atoms with Gasteiger partial charge in [-0.2, -0.15) is 0 Å². The first-order chi connectivity index (χ1) is 8.63. The maximum absolute atomic E-state index is 5.43. The van der Waals surface area contributed by atoms with Crippen molar-refractivity contribution in [2.75, 3.05) is 5.43 Å². The van der Waals surface area contributed by atoms with Crippen molar-refractivity contribution in [3.8, 4) is 11.4 Å². The van der Waals surface area contributed by atoms with E-state index < -0.39 is 0 Å². The van der Waals surface area contributed by atoms with E-state index in [1.165, 1.54) is 0 Å². The van der Waals surface area contributed by atoms with E-state index in [2.05, 4.69) is 44.3 Å². The molecule has 0 aliphatic rings. The minimum atomic E-state index is 0.637. The van der Waals surface area contributed by atoms with E-state index in [0.717, 1.165) is 27.7 Å². The number of nitrogens with zero attached hydrogens (tertiary/aromatic N) is 2. The highest BCUT2D eigenvalue weighted by Gasteiger charge is 2.07. The highest BCUT2D eigenvalue weighted by Crippen LogP contribution is 2.23. The number of nitrogens with one attached hydrogen (secondary N) is 1. The molecule has 5 heteroatoms. The second-order valence-electron chi connectivity index (χ2n) is 4.03. The lowest BCUT2D eigenvalue weighted by molar-refractivity contribution is 1.00. The van der Waals surface area contributed by atoms with Crippen molar-refractivity contribution < 1.29 is 0 Å². The third-order valence-corrected chi connectivity index (χ3v) is 3.60. The molecule has 0 radical (unpaired) electrons. The van der Waals surface area contributed by atoms with E-state index in [1.807, 2.05) is 25.1 Å². The van der Waals surface area contributed by atoms with Crippen molar-refractivity contribution in [3.63, 3.8) is 0 Å². The maximum Gasteiger partial charge on any atom is 0.161 e. The lowest BCUT2D eigenvalue weighted by Crippen LogP contribution is -2.10. The predicted molar refractivity (Wildman–Crippen MR) is 77.1 cm³/mol. The monoisotopic (exact) mass is 306 g/mol. The first-order valence-corrected chi connectivity index (χ1v) is 6.54. The van der Waals surface area contributed by atoms with E-state index in [4.69, 9.17) is 5.84 Å². The van der Waals surface area contributed by atoms with E-state index in [-0.39, 0.29) is 0 Å². The summed E-state index contributed by atoms with van der Waals surface area (Å²) in [4.78, 5) is 8.90. The van der Waals surface area contributed by atoms with Gasteiger partial charge in [-0.1, -0.05) is 28.9 Å². The molecule has 2 rings (SSSR count). The van der Waals surface area contributed by atoms with Crippen LogP contribution in [0.2, 0.25) is 0 Å². The number of rotatable bonds is 3. The number of aryl methyl sites for hydroxylation is 2. The Hall–Kier alpha value is -1.46. The van der Waals surface area contributed by atoms with Crippen LogP contribution in [0, 0.1) is 6.92 Å². The number of hydrogen-bond acceptors (Lipinski definition) is 4. The van der Waals surface area contributed by atoms with Crippen LogP contribution in [0.4, 0.5) is 5.82 Å². The molecular formula is C13H15BrN4. The lowest BCUT2D eigenvalue weighted by Gasteiger charge is -2.07. The maximum atomic E-state index is 5.43. The molecule has 1 heterocycles. The van der Waals surface area contributed by atoms with Crippen molar-refractivity contribution in [3.05, 3.63) is 40.0 Å². The fourth-order valence-electron chi connectivity index (χ4n) is 1.67. The SMILES string of the molecule is CCc1cc(NN)nc(-c2ccc(Br)c(C)c2)n1. The molecule has 0 unspecified atom stereocenters. The van der Waals surface area contributed by atoms with Gasteiger partial charge in [-0.3, -0.25) is 0 Å². The first-order valence-electron chi connectivity index (χ1n) is 5.75. The Morgan fingerprint density at radius 3 is 2.67 bits per heavy atom. The number of benzene rings is 1. The molecule has 0 aliphatic carbocycles. The molecule has 0 amide bonds. The van der Waals surface area contributed by atoms with Crippen molar-refractivity contribution in [2.45, 2.75) is 20.3 Å². The normalized spacial score (nSPS) is 10.4. The van der Waals surface area contributed by atoms with Gasteiger partial charge in [0.25, 0.3) is 0 Å². The summed E-state index contributed by atoms with van der Waals surface area (Å²) in [5.41, 5.74) is 5.69. The smallest absolute Gasteiger partial charge is 0.161 e. The molecule has 1 aromatic heterocycles. The molecule has 2 aromatic rings. The Balaban J connectivity index is 2.51. The zero-order chi connectivity index (χ0) is 13.1. The quantitative estimate of drug-likeness (QED) is 0.676. The largest absolute Gasteiger partial charge is 0.308 e. The third-order valence-electron chi connectivity index (χ3n) is 2.71. The second-order valence-corrected chi connectivity index (χ2v) is 4.88. The van der Waals surface area contributed by atoms with E-state index in [9.17, 15) is 0 Å². The molecular weight excluding hydrogens is 292 g/mol. The highest BCUT2D eigenvalue weighted by atomic mass is 79.9. The van der Waals surface area contributed by atoms with Crippen molar-refractivity contribution in [1.29, 1.82) is 0 Å². The topological polar surface area (TPSA) is 63.8 Å². The molecule has 1 aromatic carbocycles. The molecule has 94 valence electrons. The molecule has 0 spiro atoms. The summed E-state index contributed by atoms with van der Waals surface area (Å²) in [7, 11) is 0. The van der Waals surface area contributed by atoms with Crippen molar-refractivity contribution in [2.24, 2.45) is 5.84 Å². The van der Waals surface area contributed by atoms with Gasteiger partial charge in [0.15, 0.2) is 5.82 Å². The molecule has 0 saturated carbocycles. The van der Waals surface area contributed by atoms with Gasteiger partial charge in [0.2, 0.25) is 0 Å². The fourth-order valence-corrected chi connectivity index (χ4v) is 1.91.